The Morgan fingerprint density at radius 3 is 2.38 bits per heavy atom. The van der Waals surface area contributed by atoms with E-state index in [0.717, 1.165) is 16.7 Å². The van der Waals surface area contributed by atoms with Gasteiger partial charge in [-0.05, 0) is 32.6 Å². The number of benzene rings is 1. The first-order valence-electron chi connectivity index (χ1n) is 9.93. The van der Waals surface area contributed by atoms with Gasteiger partial charge in [-0.25, -0.2) is 22.0 Å². The van der Waals surface area contributed by atoms with Gasteiger partial charge in [-0.1, -0.05) is 12.1 Å². The predicted molar refractivity (Wildman–Crippen MR) is 103 cm³/mol. The number of nitrogens with one attached hydrogen (secondary N) is 1. The molecule has 1 aromatic carbocycles. The first-order valence-corrected chi connectivity index (χ1v) is 9.93. The lowest BCUT2D eigenvalue weighted by Gasteiger charge is -2.16. The molecule has 1 unspecified atom stereocenters. The van der Waals surface area contributed by atoms with E-state index in [4.69, 9.17) is 4.52 Å². The van der Waals surface area contributed by atoms with Crippen LogP contribution in [0, 0.1) is 48.9 Å². The van der Waals surface area contributed by atoms with E-state index in [1.54, 1.807) is 0 Å². The molecule has 4 rings (SSSR count). The van der Waals surface area contributed by atoms with Gasteiger partial charge in [-0.3, -0.25) is 9.48 Å². The fourth-order valence-corrected chi connectivity index (χ4v) is 3.90. The predicted octanol–water partition coefficient (Wildman–Crippen LogP) is 4.61. The molecule has 0 bridgehead atoms. The maximum Gasteiger partial charge on any atom is 0.278 e. The third kappa shape index (κ3) is 3.55. The molecule has 1 atom stereocenters. The molecule has 1 aliphatic carbocycles. The van der Waals surface area contributed by atoms with Gasteiger partial charge in [0.15, 0.2) is 29.0 Å². The van der Waals surface area contributed by atoms with Crippen molar-refractivity contribution in [3.8, 4) is 0 Å². The molecule has 1 aliphatic rings. The second-order valence-electron chi connectivity index (χ2n) is 7.99. The summed E-state index contributed by atoms with van der Waals surface area (Å²) in [5, 5.41) is 10.6. The Bertz CT molecular complexity index is 1200. The molecule has 0 saturated heterocycles. The molecule has 3 aromatic rings. The molecule has 2 heterocycles. The lowest BCUT2D eigenvalue weighted by molar-refractivity contribution is 0.101. The summed E-state index contributed by atoms with van der Waals surface area (Å²) >= 11 is 0. The first-order chi connectivity index (χ1) is 15.1. The maximum atomic E-state index is 14.1. The van der Waals surface area contributed by atoms with Gasteiger partial charge >= 0.3 is 0 Å². The molecule has 170 valence electrons. The van der Waals surface area contributed by atoms with Gasteiger partial charge in [0.25, 0.3) is 5.91 Å². The number of aryl methyl sites for hydroxylation is 2. The van der Waals surface area contributed by atoms with Gasteiger partial charge in [-0.15, -0.1) is 0 Å². The molecular weight excluding hydrogens is 435 g/mol. The zero-order valence-electron chi connectivity index (χ0n) is 17.5. The molecule has 0 aliphatic heterocycles. The molecule has 0 saturated carbocycles. The number of anilines is 1. The normalized spacial score (nSPS) is 15.7. The monoisotopic (exact) mass is 454 g/mol. The number of carbonyl (C=O) groups excluding carboxylic acids is 1. The smallest absolute Gasteiger partial charge is 0.278 e. The van der Waals surface area contributed by atoms with E-state index in [2.05, 4.69) is 22.5 Å². The minimum absolute atomic E-state index is 0.151. The van der Waals surface area contributed by atoms with Crippen molar-refractivity contribution in [3.05, 3.63) is 63.1 Å². The SMILES string of the molecule is Cc1nn(Cc2c(F)c(F)c(F)c(F)c2F)c(C)c1NC(=O)c1noc2c1CC(C)CC2. The highest BCUT2D eigenvalue weighted by molar-refractivity contribution is 6.04. The Morgan fingerprint density at radius 1 is 1.09 bits per heavy atom. The van der Waals surface area contributed by atoms with E-state index in [0.29, 0.717) is 30.2 Å². The molecule has 1 N–H and O–H groups in total. The largest absolute Gasteiger partial charge is 0.360 e. The lowest BCUT2D eigenvalue weighted by atomic mass is 9.88. The van der Waals surface area contributed by atoms with Gasteiger partial charge in [0, 0.05) is 12.0 Å². The third-order valence-corrected chi connectivity index (χ3v) is 5.73. The number of hydrogen-bond acceptors (Lipinski definition) is 4. The summed E-state index contributed by atoms with van der Waals surface area (Å²) < 4.78 is 74.8. The van der Waals surface area contributed by atoms with Crippen LogP contribution in [-0.2, 0) is 19.4 Å². The van der Waals surface area contributed by atoms with Gasteiger partial charge in [0.1, 0.15) is 5.76 Å². The fraction of sp³-hybridized carbons (Fsp3) is 0.381. The van der Waals surface area contributed by atoms with Crippen LogP contribution in [0.1, 0.15) is 52.1 Å². The van der Waals surface area contributed by atoms with Crippen LogP contribution >= 0.6 is 0 Å². The molecule has 1 amide bonds. The number of halogens is 5. The summed E-state index contributed by atoms with van der Waals surface area (Å²) in [6, 6.07) is 0. The summed E-state index contributed by atoms with van der Waals surface area (Å²) in [7, 11) is 0. The minimum Gasteiger partial charge on any atom is -0.360 e. The second kappa shape index (κ2) is 8.03. The molecule has 0 fully saturated rings. The first kappa shape index (κ1) is 22.0. The number of carbonyl (C=O) groups is 1. The number of fused-ring (bicyclic) bond motifs is 1. The molecule has 2 aromatic heterocycles. The van der Waals surface area contributed by atoms with Crippen molar-refractivity contribution < 1.29 is 31.3 Å². The van der Waals surface area contributed by atoms with Crippen molar-refractivity contribution in [2.24, 2.45) is 5.92 Å². The van der Waals surface area contributed by atoms with Gasteiger partial charge in [0.2, 0.25) is 5.82 Å². The molecular formula is C21H19F5N4O2. The Hall–Kier alpha value is -3.24. The van der Waals surface area contributed by atoms with Crippen molar-refractivity contribution in [2.75, 3.05) is 5.32 Å². The quantitative estimate of drug-likeness (QED) is 0.355. The summed E-state index contributed by atoms with van der Waals surface area (Å²) in [5.74, 6) is -9.63. The lowest BCUT2D eigenvalue weighted by Crippen LogP contribution is -2.18. The molecule has 0 spiro atoms. The van der Waals surface area contributed by atoms with Crippen LogP contribution in [0.4, 0.5) is 27.6 Å². The number of amides is 1. The summed E-state index contributed by atoms with van der Waals surface area (Å²) in [5.41, 5.74) is 0.683. The van der Waals surface area contributed by atoms with Crippen LogP contribution in [0.15, 0.2) is 4.52 Å². The van der Waals surface area contributed by atoms with E-state index >= 15 is 0 Å². The zero-order valence-corrected chi connectivity index (χ0v) is 17.5. The van der Waals surface area contributed by atoms with Gasteiger partial charge < -0.3 is 9.84 Å². The van der Waals surface area contributed by atoms with Crippen molar-refractivity contribution in [1.82, 2.24) is 14.9 Å². The molecule has 6 nitrogen and oxygen atoms in total. The topological polar surface area (TPSA) is 73.0 Å². The summed E-state index contributed by atoms with van der Waals surface area (Å²) in [6.07, 6.45) is 2.28. The van der Waals surface area contributed by atoms with Crippen molar-refractivity contribution in [2.45, 2.75) is 46.6 Å². The van der Waals surface area contributed by atoms with Crippen LogP contribution in [0.3, 0.4) is 0 Å². The highest BCUT2D eigenvalue weighted by Gasteiger charge is 2.29. The molecule has 0 radical (unpaired) electrons. The second-order valence-corrected chi connectivity index (χ2v) is 7.99. The fourth-order valence-electron chi connectivity index (χ4n) is 3.90. The Balaban J connectivity index is 1.63. The highest BCUT2D eigenvalue weighted by Crippen LogP contribution is 2.30. The van der Waals surface area contributed by atoms with Crippen molar-refractivity contribution >= 4 is 11.6 Å². The van der Waals surface area contributed by atoms with Crippen LogP contribution in [-0.4, -0.2) is 20.8 Å². The van der Waals surface area contributed by atoms with Gasteiger partial charge in [0.05, 0.1) is 29.2 Å². The van der Waals surface area contributed by atoms with Gasteiger partial charge in [-0.2, -0.15) is 5.10 Å². The van der Waals surface area contributed by atoms with Crippen LogP contribution in [0.25, 0.3) is 0 Å². The Labute approximate surface area is 179 Å². The number of rotatable bonds is 4. The van der Waals surface area contributed by atoms with Crippen LogP contribution < -0.4 is 5.32 Å². The summed E-state index contributed by atoms with van der Waals surface area (Å²) in [6.45, 7) is 4.39. The van der Waals surface area contributed by atoms with Crippen molar-refractivity contribution in [1.29, 1.82) is 0 Å². The van der Waals surface area contributed by atoms with E-state index in [1.165, 1.54) is 13.8 Å². The zero-order chi connectivity index (χ0) is 23.3. The Morgan fingerprint density at radius 2 is 1.72 bits per heavy atom. The van der Waals surface area contributed by atoms with E-state index in [9.17, 15) is 26.7 Å². The summed E-state index contributed by atoms with van der Waals surface area (Å²) in [4.78, 5) is 12.8. The highest BCUT2D eigenvalue weighted by atomic mass is 19.2. The number of nitrogens with zero attached hydrogens (tertiary/aromatic N) is 3. The standard InChI is InChI=1S/C21H19F5N4O2/c1-8-4-5-13-11(6-8)20(29-32-13)21(31)27-19-9(2)28-30(10(19)3)7-12-14(22)16(24)18(26)17(25)15(12)23/h8H,4-7H2,1-3H3,(H,27,31). The maximum absolute atomic E-state index is 14.1. The number of aromatic nitrogens is 3. The average Bonchev–Trinajstić information content (AvgIpc) is 3.29. The van der Waals surface area contributed by atoms with E-state index < -0.39 is 47.1 Å². The van der Waals surface area contributed by atoms with E-state index in [-0.39, 0.29) is 17.1 Å². The van der Waals surface area contributed by atoms with Crippen molar-refractivity contribution in [3.63, 3.8) is 0 Å². The van der Waals surface area contributed by atoms with E-state index in [1.807, 2.05) is 0 Å². The molecule has 11 heteroatoms. The minimum atomic E-state index is -2.23. The number of hydrogen-bond donors (Lipinski definition) is 1. The average molecular weight is 454 g/mol. The Kier molecular flexibility index (Phi) is 5.51. The van der Waals surface area contributed by atoms with Crippen LogP contribution in [0.5, 0.6) is 0 Å². The third-order valence-electron chi connectivity index (χ3n) is 5.73. The van der Waals surface area contributed by atoms with Crippen LogP contribution in [0.2, 0.25) is 0 Å². The molecule has 32 heavy (non-hydrogen) atoms.